The zero-order valence-electron chi connectivity index (χ0n) is 12.0. The summed E-state index contributed by atoms with van der Waals surface area (Å²) >= 11 is 3.52. The Morgan fingerprint density at radius 3 is 2.60 bits per heavy atom. The maximum absolute atomic E-state index is 4.46. The van der Waals surface area contributed by atoms with E-state index in [0.717, 1.165) is 17.7 Å². The van der Waals surface area contributed by atoms with Crippen LogP contribution in [-0.4, -0.2) is 14.8 Å². The second-order valence-corrected chi connectivity index (χ2v) is 6.53. The van der Waals surface area contributed by atoms with Crippen LogP contribution in [0.15, 0.2) is 30.3 Å². The molecule has 3 nitrogen and oxygen atoms in total. The highest BCUT2D eigenvalue weighted by Crippen LogP contribution is 2.54. The predicted molar refractivity (Wildman–Crippen MR) is 84.0 cm³/mol. The highest BCUT2D eigenvalue weighted by atomic mass is 79.9. The van der Waals surface area contributed by atoms with E-state index >= 15 is 0 Å². The van der Waals surface area contributed by atoms with Gasteiger partial charge in [0.05, 0.1) is 5.33 Å². The van der Waals surface area contributed by atoms with E-state index in [2.05, 4.69) is 74.9 Å². The van der Waals surface area contributed by atoms with Crippen LogP contribution in [0.1, 0.15) is 49.3 Å². The van der Waals surface area contributed by atoms with Crippen LogP contribution in [0, 0.1) is 5.92 Å². The Bertz CT molecular complexity index is 577. The van der Waals surface area contributed by atoms with E-state index in [1.807, 2.05) is 0 Å². The van der Waals surface area contributed by atoms with Gasteiger partial charge >= 0.3 is 0 Å². The number of alkyl halides is 1. The molecule has 1 aliphatic carbocycles. The molecule has 0 aliphatic heterocycles. The molecule has 0 saturated heterocycles. The minimum atomic E-state index is 0.538. The van der Waals surface area contributed by atoms with Crippen LogP contribution in [0.3, 0.4) is 0 Å². The molecule has 4 heteroatoms. The first-order valence-corrected chi connectivity index (χ1v) is 8.35. The number of halogens is 1. The molecule has 3 rings (SSSR count). The summed E-state index contributed by atoms with van der Waals surface area (Å²) in [6, 6.07) is 10.8. The minimum absolute atomic E-state index is 0.538. The van der Waals surface area contributed by atoms with Gasteiger partial charge in [0, 0.05) is 12.5 Å². The molecule has 2 atom stereocenters. The Morgan fingerprint density at radius 2 is 1.95 bits per heavy atom. The number of aromatic nitrogens is 3. The SMILES string of the molecule is CC(C)Cn1c(CBr)nnc1C1CC1c1ccccc1. The molecule has 2 aromatic rings. The smallest absolute Gasteiger partial charge is 0.143 e. The maximum atomic E-state index is 4.46. The van der Waals surface area contributed by atoms with E-state index < -0.39 is 0 Å². The third-order valence-electron chi connectivity index (χ3n) is 3.87. The third kappa shape index (κ3) is 2.66. The van der Waals surface area contributed by atoms with E-state index in [1.54, 1.807) is 0 Å². The van der Waals surface area contributed by atoms with Crippen molar-refractivity contribution < 1.29 is 0 Å². The highest BCUT2D eigenvalue weighted by molar-refractivity contribution is 9.08. The molecule has 2 unspecified atom stereocenters. The molecule has 0 amide bonds. The molecule has 1 aromatic carbocycles. The fourth-order valence-electron chi connectivity index (χ4n) is 2.84. The molecule has 0 spiro atoms. The summed E-state index contributed by atoms with van der Waals surface area (Å²) in [6.45, 7) is 5.48. The van der Waals surface area contributed by atoms with Crippen molar-refractivity contribution in [3.8, 4) is 0 Å². The van der Waals surface area contributed by atoms with Gasteiger partial charge in [-0.3, -0.25) is 0 Å². The van der Waals surface area contributed by atoms with E-state index in [1.165, 1.54) is 17.8 Å². The molecule has 20 heavy (non-hydrogen) atoms. The van der Waals surface area contributed by atoms with Gasteiger partial charge in [0.25, 0.3) is 0 Å². The number of nitrogens with zero attached hydrogens (tertiary/aromatic N) is 3. The van der Waals surface area contributed by atoms with Crippen LogP contribution in [0.4, 0.5) is 0 Å². The van der Waals surface area contributed by atoms with Gasteiger partial charge in [-0.25, -0.2) is 0 Å². The first kappa shape index (κ1) is 13.8. The number of hydrogen-bond donors (Lipinski definition) is 0. The first-order chi connectivity index (χ1) is 9.70. The minimum Gasteiger partial charge on any atom is -0.314 e. The van der Waals surface area contributed by atoms with Crippen molar-refractivity contribution in [2.75, 3.05) is 0 Å². The van der Waals surface area contributed by atoms with Crippen molar-refractivity contribution >= 4 is 15.9 Å². The van der Waals surface area contributed by atoms with E-state index in [-0.39, 0.29) is 0 Å². The molecule has 1 heterocycles. The van der Waals surface area contributed by atoms with Crippen LogP contribution < -0.4 is 0 Å². The molecule has 1 aromatic heterocycles. The lowest BCUT2D eigenvalue weighted by Gasteiger charge is -2.11. The molecule has 0 bridgehead atoms. The quantitative estimate of drug-likeness (QED) is 0.771. The van der Waals surface area contributed by atoms with Crippen LogP contribution in [0.2, 0.25) is 0 Å². The Labute approximate surface area is 128 Å². The zero-order chi connectivity index (χ0) is 14.1. The van der Waals surface area contributed by atoms with Crippen molar-refractivity contribution in [3.05, 3.63) is 47.5 Å². The van der Waals surface area contributed by atoms with Crippen molar-refractivity contribution in [3.63, 3.8) is 0 Å². The molecule has 106 valence electrons. The third-order valence-corrected chi connectivity index (χ3v) is 4.37. The average Bonchev–Trinajstić information content (AvgIpc) is 3.15. The standard InChI is InChI=1S/C16H20BrN3/c1-11(2)10-20-15(9-17)18-19-16(20)14-8-13(14)12-6-4-3-5-7-12/h3-7,11,13-14H,8-10H2,1-2H3. The first-order valence-electron chi connectivity index (χ1n) is 7.23. The molecule has 1 fully saturated rings. The van der Waals surface area contributed by atoms with E-state index in [9.17, 15) is 0 Å². The lowest BCUT2D eigenvalue weighted by atomic mass is 10.1. The summed E-state index contributed by atoms with van der Waals surface area (Å²) < 4.78 is 2.31. The van der Waals surface area contributed by atoms with Crippen LogP contribution in [0.25, 0.3) is 0 Å². The van der Waals surface area contributed by atoms with Gasteiger partial charge < -0.3 is 4.57 Å². The van der Waals surface area contributed by atoms with Crippen LogP contribution in [-0.2, 0) is 11.9 Å². The second kappa shape index (κ2) is 5.68. The summed E-state index contributed by atoms with van der Waals surface area (Å²) in [5.74, 6) is 3.98. The number of hydrogen-bond acceptors (Lipinski definition) is 2. The number of rotatable bonds is 5. The normalized spacial score (nSPS) is 21.4. The summed E-state index contributed by atoms with van der Waals surface area (Å²) in [5, 5.41) is 9.58. The monoisotopic (exact) mass is 333 g/mol. The zero-order valence-corrected chi connectivity index (χ0v) is 13.5. The fraction of sp³-hybridized carbons (Fsp3) is 0.500. The van der Waals surface area contributed by atoms with Crippen molar-refractivity contribution in [2.45, 2.75) is 44.0 Å². The van der Waals surface area contributed by atoms with E-state index in [0.29, 0.717) is 17.8 Å². The lowest BCUT2D eigenvalue weighted by Crippen LogP contribution is -2.11. The largest absolute Gasteiger partial charge is 0.314 e. The van der Waals surface area contributed by atoms with Crippen molar-refractivity contribution in [1.82, 2.24) is 14.8 Å². The Morgan fingerprint density at radius 1 is 1.20 bits per heavy atom. The van der Waals surface area contributed by atoms with Crippen molar-refractivity contribution in [1.29, 1.82) is 0 Å². The molecule has 0 N–H and O–H groups in total. The van der Waals surface area contributed by atoms with Crippen LogP contribution in [0.5, 0.6) is 0 Å². The Balaban J connectivity index is 1.84. The van der Waals surface area contributed by atoms with E-state index in [4.69, 9.17) is 0 Å². The summed E-state index contributed by atoms with van der Waals surface area (Å²) in [7, 11) is 0. The maximum Gasteiger partial charge on any atom is 0.143 e. The van der Waals surface area contributed by atoms with Gasteiger partial charge in [-0.1, -0.05) is 60.1 Å². The van der Waals surface area contributed by atoms with Gasteiger partial charge in [0.15, 0.2) is 0 Å². The summed E-state index contributed by atoms with van der Waals surface area (Å²) in [6.07, 6.45) is 1.20. The summed E-state index contributed by atoms with van der Waals surface area (Å²) in [4.78, 5) is 0. The molecular formula is C16H20BrN3. The second-order valence-electron chi connectivity index (χ2n) is 5.97. The van der Waals surface area contributed by atoms with Gasteiger partial charge in [-0.05, 0) is 23.8 Å². The lowest BCUT2D eigenvalue weighted by molar-refractivity contribution is 0.497. The topological polar surface area (TPSA) is 30.7 Å². The highest BCUT2D eigenvalue weighted by Gasteiger charge is 2.43. The molecule has 1 saturated carbocycles. The summed E-state index contributed by atoms with van der Waals surface area (Å²) in [5.41, 5.74) is 1.43. The van der Waals surface area contributed by atoms with Crippen molar-refractivity contribution in [2.24, 2.45) is 5.92 Å². The van der Waals surface area contributed by atoms with Gasteiger partial charge in [-0.15, -0.1) is 10.2 Å². The molecule has 1 aliphatic rings. The fourth-order valence-corrected chi connectivity index (χ4v) is 3.25. The Kier molecular flexibility index (Phi) is 3.92. The van der Waals surface area contributed by atoms with Crippen LogP contribution >= 0.6 is 15.9 Å². The van der Waals surface area contributed by atoms with Gasteiger partial charge in [-0.2, -0.15) is 0 Å². The number of benzene rings is 1. The molecular weight excluding hydrogens is 314 g/mol. The molecule has 0 radical (unpaired) electrons. The van der Waals surface area contributed by atoms with Gasteiger partial charge in [0.1, 0.15) is 11.6 Å². The van der Waals surface area contributed by atoms with Gasteiger partial charge in [0.2, 0.25) is 0 Å². The predicted octanol–water partition coefficient (Wildman–Crippen LogP) is 4.10. The average molecular weight is 334 g/mol. The Hall–Kier alpha value is -1.16.